The summed E-state index contributed by atoms with van der Waals surface area (Å²) in [6.45, 7) is 5.69. The Hall–Kier alpha value is 0.623. The van der Waals surface area contributed by atoms with E-state index in [1.54, 1.807) is 4.90 Å². The minimum absolute atomic E-state index is 0.200. The van der Waals surface area contributed by atoms with Gasteiger partial charge in [-0.05, 0) is 20.8 Å². The van der Waals surface area contributed by atoms with E-state index in [9.17, 15) is 4.79 Å². The van der Waals surface area contributed by atoms with Gasteiger partial charge in [0.05, 0.1) is 0 Å². The molecule has 1 amide bonds. The second-order valence-electron chi connectivity index (χ2n) is 5.19. The van der Waals surface area contributed by atoms with Gasteiger partial charge in [0.2, 0.25) is 0 Å². The van der Waals surface area contributed by atoms with Gasteiger partial charge in [0.15, 0.2) is 0 Å². The monoisotopic (exact) mass is 403 g/mol. The normalized spacial score (nSPS) is 16.9. The number of carbonyl (C=O) groups excluding carboxylic acids is 1. The Morgan fingerprint density at radius 3 is 2.24 bits per heavy atom. The number of nitrogens with zero attached hydrogens (tertiary/aromatic N) is 1. The molecule has 1 rings (SSSR count). The van der Waals surface area contributed by atoms with Gasteiger partial charge in [-0.2, -0.15) is 12.8 Å². The van der Waals surface area contributed by atoms with Crippen LogP contribution in [0.5, 0.6) is 0 Å². The van der Waals surface area contributed by atoms with Crippen LogP contribution in [0.4, 0.5) is 4.79 Å². The Balaban J connectivity index is 0.00000121. The van der Waals surface area contributed by atoms with Crippen LogP contribution in [-0.4, -0.2) is 29.7 Å². The molecule has 1 fully saturated rings. The first kappa shape index (κ1) is 17.6. The van der Waals surface area contributed by atoms with E-state index in [-0.39, 0.29) is 6.09 Å². The summed E-state index contributed by atoms with van der Waals surface area (Å²) in [5.74, 6) is 0. The van der Waals surface area contributed by atoms with E-state index < -0.39 is 5.60 Å². The summed E-state index contributed by atoms with van der Waals surface area (Å²) >= 11 is 3.62. The predicted octanol–water partition coefficient (Wildman–Crippen LogP) is 3.88. The van der Waals surface area contributed by atoms with Crippen molar-refractivity contribution in [1.29, 1.82) is 0 Å². The van der Waals surface area contributed by atoms with Crippen molar-refractivity contribution in [2.75, 3.05) is 7.05 Å². The van der Waals surface area contributed by atoms with Gasteiger partial charge in [-0.1, -0.05) is 12.8 Å². The zero-order valence-corrected chi connectivity index (χ0v) is 16.5. The second kappa shape index (κ2) is 8.68. The molecule has 96 valence electrons. The van der Waals surface area contributed by atoms with Gasteiger partial charge in [0.25, 0.3) is 0 Å². The first-order valence-electron chi connectivity index (χ1n) is 5.94. The van der Waals surface area contributed by atoms with E-state index in [4.69, 9.17) is 4.74 Å². The van der Waals surface area contributed by atoms with Crippen LogP contribution in [0.15, 0.2) is 0 Å². The van der Waals surface area contributed by atoms with Crippen molar-refractivity contribution in [3.63, 3.8) is 0 Å². The minimum atomic E-state index is -0.397. The van der Waals surface area contributed by atoms with Crippen LogP contribution in [-0.2, 0) is 19.5 Å². The maximum atomic E-state index is 11.8. The van der Waals surface area contributed by atoms with E-state index in [0.29, 0.717) is 6.04 Å². The molecule has 0 atom stereocenters. The number of carbonyl (C=O) groups is 1. The molecule has 0 aromatic heterocycles. The second-order valence-corrected chi connectivity index (χ2v) is 5.19. The Kier molecular flexibility index (Phi) is 9.00. The van der Waals surface area contributed by atoms with E-state index in [1.807, 2.05) is 27.8 Å². The number of hydrogen-bond donors (Lipinski definition) is 0. The third-order valence-corrected chi connectivity index (χ3v) is 2.64. The fourth-order valence-corrected chi connectivity index (χ4v) is 1.78. The third kappa shape index (κ3) is 7.60. The summed E-state index contributed by atoms with van der Waals surface area (Å²) in [4.78, 5) is 13.5. The summed E-state index contributed by atoms with van der Waals surface area (Å²) in [7, 11) is 1.84. The zero-order chi connectivity index (χ0) is 13.5. The van der Waals surface area contributed by atoms with Crippen LogP contribution in [0.25, 0.3) is 0 Å². The quantitative estimate of drug-likeness (QED) is 0.377. The van der Waals surface area contributed by atoms with Gasteiger partial charge in [0.1, 0.15) is 5.60 Å². The molecule has 1 saturated carbocycles. The van der Waals surface area contributed by atoms with Crippen LogP contribution >= 0.6 is 19.8 Å². The molecular formula is C12H22INO2Zn. The summed E-state index contributed by atoms with van der Waals surface area (Å²) in [5.41, 5.74) is -0.397. The molecule has 1 aliphatic carbocycles. The van der Waals surface area contributed by atoms with E-state index >= 15 is 0 Å². The van der Waals surface area contributed by atoms with Crippen LogP contribution < -0.4 is 0 Å². The zero-order valence-electron chi connectivity index (χ0n) is 11.3. The number of ether oxygens (including phenoxy) is 1. The fraction of sp³-hybridized carbons (Fsp3) is 0.833. The van der Waals surface area contributed by atoms with Crippen molar-refractivity contribution in [1.82, 2.24) is 4.90 Å². The van der Waals surface area contributed by atoms with Gasteiger partial charge in [-0.25, -0.2) is 4.79 Å². The van der Waals surface area contributed by atoms with Crippen molar-refractivity contribution < 1.29 is 24.3 Å². The first-order valence-corrected chi connectivity index (χ1v) is 15.0. The molecule has 0 heterocycles. The molecule has 0 aromatic rings. The predicted molar refractivity (Wildman–Crippen MR) is 74.6 cm³/mol. The fourth-order valence-electron chi connectivity index (χ4n) is 1.78. The Morgan fingerprint density at radius 2 is 1.82 bits per heavy atom. The van der Waals surface area contributed by atoms with Crippen molar-refractivity contribution >= 4 is 25.8 Å². The molecule has 1 aliphatic rings. The molecule has 0 spiro atoms. The Labute approximate surface area is 126 Å². The Bertz CT molecular complexity index is 225. The summed E-state index contributed by atoms with van der Waals surface area (Å²) in [6.07, 6.45) is 6.44. The molecule has 0 aliphatic heterocycles. The summed E-state index contributed by atoms with van der Waals surface area (Å²) < 4.78 is 5.33. The number of halogens is 1. The number of amides is 1. The first-order chi connectivity index (χ1) is 7.90. The van der Waals surface area contributed by atoms with E-state index in [2.05, 4.69) is 26.2 Å². The standard InChI is InChI=1S/C12H22NO2.HI.Zn/c1-12(2,3)15-11(14)13(4)10-8-6-5-7-9-10;;/h5,10H,6-9H2,1-4H3;1H;/q-1;;+2/p-1. The average Bonchev–Trinajstić information content (AvgIpc) is 2.29. The van der Waals surface area contributed by atoms with Gasteiger partial charge in [0, 0.05) is 13.1 Å². The summed E-state index contributed by atoms with van der Waals surface area (Å²) in [5, 5.41) is 0. The van der Waals surface area contributed by atoms with Crippen molar-refractivity contribution in [2.45, 2.75) is 58.1 Å². The topological polar surface area (TPSA) is 29.5 Å². The molecule has 0 unspecified atom stereocenters. The van der Waals surface area contributed by atoms with E-state index in [0.717, 1.165) is 25.7 Å². The van der Waals surface area contributed by atoms with Crippen molar-refractivity contribution in [3.05, 3.63) is 6.42 Å². The van der Waals surface area contributed by atoms with Crippen LogP contribution in [0.1, 0.15) is 46.5 Å². The van der Waals surface area contributed by atoms with Crippen LogP contribution in [0.3, 0.4) is 0 Å². The van der Waals surface area contributed by atoms with Gasteiger partial charge in [-0.3, -0.25) is 0 Å². The average molecular weight is 405 g/mol. The van der Waals surface area contributed by atoms with Gasteiger partial charge < -0.3 is 16.1 Å². The Morgan fingerprint density at radius 1 is 1.35 bits per heavy atom. The molecule has 0 saturated heterocycles. The maximum absolute atomic E-state index is 11.8. The van der Waals surface area contributed by atoms with Gasteiger partial charge in [-0.15, -0.1) is 0 Å². The molecule has 0 radical (unpaired) electrons. The van der Waals surface area contributed by atoms with Gasteiger partial charge >= 0.3 is 40.6 Å². The van der Waals surface area contributed by atoms with E-state index in [1.165, 1.54) is 14.8 Å². The molecule has 0 N–H and O–H groups in total. The van der Waals surface area contributed by atoms with Crippen LogP contribution in [0.2, 0.25) is 0 Å². The third-order valence-electron chi connectivity index (χ3n) is 2.64. The van der Waals surface area contributed by atoms with Crippen molar-refractivity contribution in [2.24, 2.45) is 0 Å². The molecule has 5 heteroatoms. The molecule has 3 nitrogen and oxygen atoms in total. The SMILES string of the molecule is CN(C(=O)OC(C)(C)C)C1CC[CH-]CC1.[Zn+][I]. The van der Waals surface area contributed by atoms with Crippen molar-refractivity contribution in [3.8, 4) is 0 Å². The molecule has 0 aromatic carbocycles. The molecule has 0 bridgehead atoms. The van der Waals surface area contributed by atoms with Crippen LogP contribution in [0, 0.1) is 6.42 Å². The number of rotatable bonds is 1. The number of hydrogen-bond acceptors (Lipinski definition) is 2. The molecular weight excluding hydrogens is 382 g/mol. The molecule has 17 heavy (non-hydrogen) atoms. The summed E-state index contributed by atoms with van der Waals surface area (Å²) in [6, 6.07) is 0.352.